The summed E-state index contributed by atoms with van der Waals surface area (Å²) in [6.45, 7) is 0. The molecule has 0 aromatic carbocycles. The van der Waals surface area contributed by atoms with E-state index in [0.717, 1.165) is 5.01 Å². The Labute approximate surface area is 121 Å². The minimum Gasteiger partial charge on any atom is -0.414 e. The highest BCUT2D eigenvalue weighted by molar-refractivity contribution is 7.15. The molecule has 0 amide bonds. The van der Waals surface area contributed by atoms with Crippen LogP contribution in [-0.4, -0.2) is 20.2 Å². The van der Waals surface area contributed by atoms with Crippen LogP contribution in [0.3, 0.4) is 0 Å². The van der Waals surface area contributed by atoms with Crippen LogP contribution in [0.25, 0.3) is 10.8 Å². The van der Waals surface area contributed by atoms with Crippen molar-refractivity contribution >= 4 is 17.0 Å². The first kappa shape index (κ1) is 13.6. The average Bonchev–Trinajstić information content (AvgIpc) is 3.10. The van der Waals surface area contributed by atoms with Gasteiger partial charge in [0.1, 0.15) is 4.88 Å². The molecule has 6 nitrogen and oxygen atoms in total. The van der Waals surface area contributed by atoms with Gasteiger partial charge in [0.2, 0.25) is 0 Å². The summed E-state index contributed by atoms with van der Waals surface area (Å²) in [5.41, 5.74) is 7.09. The van der Waals surface area contributed by atoms with Crippen molar-refractivity contribution in [3.05, 3.63) is 41.1 Å². The van der Waals surface area contributed by atoms with E-state index >= 15 is 0 Å². The lowest BCUT2D eigenvalue weighted by molar-refractivity contribution is 0.116. The van der Waals surface area contributed by atoms with Crippen LogP contribution in [0.2, 0.25) is 0 Å². The van der Waals surface area contributed by atoms with Gasteiger partial charge in [-0.3, -0.25) is 4.98 Å². The smallest absolute Gasteiger partial charge is 0.314 e. The molecule has 9 heteroatoms. The van der Waals surface area contributed by atoms with Gasteiger partial charge in [-0.2, -0.15) is 8.78 Å². The highest BCUT2D eigenvalue weighted by Gasteiger charge is 2.18. The van der Waals surface area contributed by atoms with E-state index in [2.05, 4.69) is 20.2 Å². The standard InChI is InChI=1S/C12H9F2N5OS/c13-10(14)12-19-18-11(20-12)8-5-17-9(21-8)4-7-6(15)2-1-3-16-7/h1-3,5,10H,4,15H2. The molecule has 0 spiro atoms. The number of aromatic nitrogens is 4. The summed E-state index contributed by atoms with van der Waals surface area (Å²) in [7, 11) is 0. The number of nitrogens with two attached hydrogens (primary N) is 1. The zero-order chi connectivity index (χ0) is 14.8. The summed E-state index contributed by atoms with van der Waals surface area (Å²) in [5.74, 6) is -0.669. The lowest BCUT2D eigenvalue weighted by atomic mass is 10.2. The molecule has 0 unspecified atom stereocenters. The normalized spacial score (nSPS) is 11.2. The van der Waals surface area contributed by atoms with Gasteiger partial charge in [-0.25, -0.2) is 4.98 Å². The van der Waals surface area contributed by atoms with E-state index < -0.39 is 12.3 Å². The highest BCUT2D eigenvalue weighted by Crippen LogP contribution is 2.28. The van der Waals surface area contributed by atoms with Crippen LogP contribution < -0.4 is 5.73 Å². The molecule has 0 aliphatic rings. The predicted octanol–water partition coefficient (Wildman–Crippen LogP) is 2.70. The SMILES string of the molecule is Nc1cccnc1Cc1ncc(-c2nnc(C(F)F)o2)s1. The predicted molar refractivity (Wildman–Crippen MR) is 71.8 cm³/mol. The van der Waals surface area contributed by atoms with Crippen molar-refractivity contribution < 1.29 is 13.2 Å². The molecule has 21 heavy (non-hydrogen) atoms. The van der Waals surface area contributed by atoms with Crippen LogP contribution in [0.15, 0.2) is 28.9 Å². The molecule has 2 N–H and O–H groups in total. The van der Waals surface area contributed by atoms with Gasteiger partial charge in [-0.05, 0) is 12.1 Å². The molecule has 0 aliphatic carbocycles. The van der Waals surface area contributed by atoms with E-state index in [-0.39, 0.29) is 5.89 Å². The molecule has 0 atom stereocenters. The third kappa shape index (κ3) is 2.87. The minimum atomic E-state index is -2.79. The summed E-state index contributed by atoms with van der Waals surface area (Å²) < 4.78 is 29.7. The molecular weight excluding hydrogens is 300 g/mol. The maximum Gasteiger partial charge on any atom is 0.314 e. The molecule has 0 aliphatic heterocycles. The summed E-state index contributed by atoms with van der Waals surface area (Å²) in [5, 5.41) is 7.59. The fraction of sp³-hybridized carbons (Fsp3) is 0.167. The number of nitrogen functional groups attached to an aromatic ring is 1. The number of halogens is 2. The van der Waals surface area contributed by atoms with Gasteiger partial charge in [-0.15, -0.1) is 21.5 Å². The molecule has 3 rings (SSSR count). The Bertz CT molecular complexity index is 757. The van der Waals surface area contributed by atoms with Crippen LogP contribution >= 0.6 is 11.3 Å². The second kappa shape index (κ2) is 5.52. The first-order valence-electron chi connectivity index (χ1n) is 5.89. The summed E-state index contributed by atoms with van der Waals surface area (Å²) in [6, 6.07) is 3.50. The van der Waals surface area contributed by atoms with Gasteiger partial charge in [0.05, 0.1) is 22.6 Å². The van der Waals surface area contributed by atoms with Gasteiger partial charge in [0, 0.05) is 12.6 Å². The van der Waals surface area contributed by atoms with E-state index in [1.807, 2.05) is 0 Å². The van der Waals surface area contributed by atoms with E-state index in [4.69, 9.17) is 10.2 Å². The lowest BCUT2D eigenvalue weighted by Crippen LogP contribution is -1.97. The molecule has 0 radical (unpaired) electrons. The maximum atomic E-state index is 12.4. The molecular formula is C12H9F2N5OS. The summed E-state index contributed by atoms with van der Waals surface area (Å²) >= 11 is 1.27. The number of nitrogens with zero attached hydrogens (tertiary/aromatic N) is 4. The number of thiazole rings is 1. The van der Waals surface area contributed by atoms with Gasteiger partial charge in [0.15, 0.2) is 0 Å². The summed E-state index contributed by atoms with van der Waals surface area (Å²) in [6.07, 6.45) is 0.814. The molecule has 0 bridgehead atoms. The van der Waals surface area contributed by atoms with Crippen molar-refractivity contribution in [1.82, 2.24) is 20.2 Å². The quantitative estimate of drug-likeness (QED) is 0.796. The van der Waals surface area contributed by atoms with Gasteiger partial charge >= 0.3 is 6.43 Å². The molecule has 108 valence electrons. The number of rotatable bonds is 4. The first-order valence-corrected chi connectivity index (χ1v) is 6.71. The van der Waals surface area contributed by atoms with Crippen LogP contribution in [0, 0.1) is 0 Å². The zero-order valence-electron chi connectivity index (χ0n) is 10.5. The number of hydrogen-bond acceptors (Lipinski definition) is 7. The Hall–Kier alpha value is -2.42. The van der Waals surface area contributed by atoms with E-state index in [9.17, 15) is 8.78 Å². The molecule has 3 aromatic heterocycles. The number of hydrogen-bond donors (Lipinski definition) is 1. The number of anilines is 1. The molecule has 3 aromatic rings. The first-order chi connectivity index (χ1) is 10.1. The molecule has 3 heterocycles. The Morgan fingerprint density at radius 2 is 2.14 bits per heavy atom. The van der Waals surface area contributed by atoms with Crippen LogP contribution in [0.4, 0.5) is 14.5 Å². The topological polar surface area (TPSA) is 90.7 Å². The van der Waals surface area contributed by atoms with Gasteiger partial charge in [0.25, 0.3) is 11.8 Å². The molecule has 0 saturated carbocycles. The number of pyridine rings is 1. The zero-order valence-corrected chi connectivity index (χ0v) is 11.3. The Kier molecular flexibility index (Phi) is 3.57. The molecule has 0 fully saturated rings. The molecule has 0 saturated heterocycles. The lowest BCUT2D eigenvalue weighted by Gasteiger charge is -2.00. The van der Waals surface area contributed by atoms with Crippen LogP contribution in [0.1, 0.15) is 23.0 Å². The average molecular weight is 309 g/mol. The Morgan fingerprint density at radius 1 is 1.29 bits per heavy atom. The van der Waals surface area contributed by atoms with Gasteiger partial charge in [-0.1, -0.05) is 0 Å². The van der Waals surface area contributed by atoms with Gasteiger partial charge < -0.3 is 10.2 Å². The second-order valence-corrected chi connectivity index (χ2v) is 5.20. The number of alkyl halides is 2. The van der Waals surface area contributed by atoms with Crippen molar-refractivity contribution in [2.45, 2.75) is 12.8 Å². The van der Waals surface area contributed by atoms with E-state index in [0.29, 0.717) is 22.7 Å². The van der Waals surface area contributed by atoms with Crippen molar-refractivity contribution in [1.29, 1.82) is 0 Å². The third-order valence-corrected chi connectivity index (χ3v) is 3.62. The highest BCUT2D eigenvalue weighted by atomic mass is 32.1. The Morgan fingerprint density at radius 3 is 2.86 bits per heavy atom. The second-order valence-electron chi connectivity index (χ2n) is 4.08. The van der Waals surface area contributed by atoms with Crippen LogP contribution in [-0.2, 0) is 6.42 Å². The monoisotopic (exact) mass is 309 g/mol. The largest absolute Gasteiger partial charge is 0.414 e. The third-order valence-electron chi connectivity index (χ3n) is 2.64. The van der Waals surface area contributed by atoms with Crippen LogP contribution in [0.5, 0.6) is 0 Å². The van der Waals surface area contributed by atoms with Crippen molar-refractivity contribution in [2.24, 2.45) is 0 Å². The maximum absolute atomic E-state index is 12.4. The van der Waals surface area contributed by atoms with E-state index in [1.54, 1.807) is 18.3 Å². The fourth-order valence-corrected chi connectivity index (χ4v) is 2.50. The van der Waals surface area contributed by atoms with Crippen molar-refractivity contribution in [2.75, 3.05) is 5.73 Å². The van der Waals surface area contributed by atoms with Crippen molar-refractivity contribution in [3.63, 3.8) is 0 Å². The van der Waals surface area contributed by atoms with E-state index in [1.165, 1.54) is 17.5 Å². The fourth-order valence-electron chi connectivity index (χ4n) is 1.65. The Balaban J connectivity index is 1.81. The summed E-state index contributed by atoms with van der Waals surface area (Å²) in [4.78, 5) is 8.89. The minimum absolute atomic E-state index is 0.0306. The van der Waals surface area contributed by atoms with Crippen molar-refractivity contribution in [3.8, 4) is 10.8 Å².